The highest BCUT2D eigenvalue weighted by atomic mass is 32.2. The highest BCUT2D eigenvalue weighted by Crippen LogP contribution is 2.28. The molecule has 1 aromatic carbocycles. The number of pyridine rings is 1. The molecule has 34 heavy (non-hydrogen) atoms. The molecule has 1 unspecified atom stereocenters. The van der Waals surface area contributed by atoms with Crippen molar-refractivity contribution in [3.63, 3.8) is 0 Å². The molecule has 12 heteroatoms. The molecule has 0 saturated carbocycles. The van der Waals surface area contributed by atoms with Gasteiger partial charge in [-0.05, 0) is 47.4 Å². The Morgan fingerprint density at radius 2 is 1.62 bits per heavy atom. The summed E-state index contributed by atoms with van der Waals surface area (Å²) in [5.41, 5.74) is 3.01. The van der Waals surface area contributed by atoms with Gasteiger partial charge in [0.1, 0.15) is 22.4 Å². The molecule has 2 aliphatic heterocycles. The van der Waals surface area contributed by atoms with Crippen LogP contribution in [0, 0.1) is 0 Å². The Hall–Kier alpha value is -3.25. The monoisotopic (exact) mass is 494 g/mol. The van der Waals surface area contributed by atoms with E-state index in [4.69, 9.17) is 5.14 Å². The summed E-state index contributed by atoms with van der Waals surface area (Å²) in [6.07, 6.45) is -2.81. The molecule has 2 amide bonds. The molecule has 1 aromatic heterocycles. The minimum absolute atomic E-state index is 0.0602. The fraction of sp³-hybridized carbons (Fsp3) is 0.318. The van der Waals surface area contributed by atoms with Crippen LogP contribution in [-0.2, 0) is 22.2 Å². The van der Waals surface area contributed by atoms with E-state index in [2.05, 4.69) is 9.72 Å². The van der Waals surface area contributed by atoms with Crippen molar-refractivity contribution in [1.29, 1.82) is 0 Å². The molecule has 0 saturated heterocycles. The van der Waals surface area contributed by atoms with Crippen LogP contribution in [0.3, 0.4) is 0 Å². The van der Waals surface area contributed by atoms with Gasteiger partial charge in [-0.15, -0.1) is 13.2 Å². The predicted octanol–water partition coefficient (Wildman–Crippen LogP) is 2.19. The minimum Gasteiger partial charge on any atom is -0.406 e. The largest absolute Gasteiger partial charge is 0.573 e. The molecule has 0 fully saturated rings. The van der Waals surface area contributed by atoms with Crippen LogP contribution in [0.25, 0.3) is 0 Å². The highest BCUT2D eigenvalue weighted by molar-refractivity contribution is 7.82. The quantitative estimate of drug-likeness (QED) is 0.620. The van der Waals surface area contributed by atoms with Crippen molar-refractivity contribution in [3.8, 4) is 5.75 Å². The van der Waals surface area contributed by atoms with Gasteiger partial charge in [-0.3, -0.25) is 9.59 Å². The number of carbonyl (C=O) groups is 2. The van der Waals surface area contributed by atoms with Crippen molar-refractivity contribution in [2.45, 2.75) is 24.1 Å². The van der Waals surface area contributed by atoms with Gasteiger partial charge in [0, 0.05) is 38.8 Å². The third-order valence-corrected chi connectivity index (χ3v) is 6.35. The number of benzene rings is 1. The SMILES string of the molecule is NS(=O)c1ccc(C(=O)N2CC3=C(CN(C(=O)CCc4ccc(OC(F)(F)F)cc4)C3)C2)nc1. The van der Waals surface area contributed by atoms with Gasteiger partial charge in [0.15, 0.2) is 0 Å². The molecule has 2 N–H and O–H groups in total. The number of aryl methyl sites for hydroxylation is 1. The van der Waals surface area contributed by atoms with Crippen LogP contribution in [0.4, 0.5) is 13.2 Å². The van der Waals surface area contributed by atoms with E-state index in [-0.39, 0.29) is 29.7 Å². The van der Waals surface area contributed by atoms with Crippen LogP contribution in [0.1, 0.15) is 22.5 Å². The van der Waals surface area contributed by atoms with E-state index in [0.717, 1.165) is 16.7 Å². The first-order valence-corrected chi connectivity index (χ1v) is 11.5. The van der Waals surface area contributed by atoms with Crippen molar-refractivity contribution in [2.75, 3.05) is 26.2 Å². The number of rotatable bonds is 6. The zero-order chi connectivity index (χ0) is 24.5. The third kappa shape index (κ3) is 5.62. The number of nitrogens with two attached hydrogens (primary N) is 1. The zero-order valence-corrected chi connectivity index (χ0v) is 18.7. The van der Waals surface area contributed by atoms with Crippen LogP contribution in [0.15, 0.2) is 58.6 Å². The summed E-state index contributed by atoms with van der Waals surface area (Å²) >= 11 is 0. The van der Waals surface area contributed by atoms with Gasteiger partial charge in [0.05, 0.1) is 4.90 Å². The maximum atomic E-state index is 12.7. The lowest BCUT2D eigenvalue weighted by Gasteiger charge is -2.23. The summed E-state index contributed by atoms with van der Waals surface area (Å²) in [5.74, 6) is -0.614. The number of amides is 2. The lowest BCUT2D eigenvalue weighted by atomic mass is 10.1. The summed E-state index contributed by atoms with van der Waals surface area (Å²) in [6.45, 7) is 1.69. The zero-order valence-electron chi connectivity index (χ0n) is 17.9. The molecule has 1 atom stereocenters. The minimum atomic E-state index is -4.74. The number of aromatic nitrogens is 1. The number of halogens is 3. The van der Waals surface area contributed by atoms with Crippen molar-refractivity contribution < 1.29 is 31.7 Å². The summed E-state index contributed by atoms with van der Waals surface area (Å²) in [6, 6.07) is 8.46. The standard InChI is InChI=1S/C22H21F3N4O4S/c23-22(24,25)33-17-4-1-14(2-5-17)3-8-20(30)28-10-15-12-29(13-16(15)11-28)21(31)19-7-6-18(9-27-19)34(26)32/h1-2,4-7,9H,3,8,10-13,26H2. The fourth-order valence-electron chi connectivity index (χ4n) is 3.96. The Morgan fingerprint density at radius 3 is 2.15 bits per heavy atom. The van der Waals surface area contributed by atoms with E-state index in [1.54, 1.807) is 9.80 Å². The molecule has 0 radical (unpaired) electrons. The van der Waals surface area contributed by atoms with E-state index in [1.807, 2.05) is 0 Å². The van der Waals surface area contributed by atoms with Crippen LogP contribution in [0.5, 0.6) is 5.75 Å². The molecule has 8 nitrogen and oxygen atoms in total. The fourth-order valence-corrected chi connectivity index (χ4v) is 4.31. The first-order chi connectivity index (χ1) is 16.1. The molecule has 4 rings (SSSR count). The topological polar surface area (TPSA) is 106 Å². The van der Waals surface area contributed by atoms with Crippen molar-refractivity contribution in [2.24, 2.45) is 5.14 Å². The van der Waals surface area contributed by atoms with Crippen molar-refractivity contribution >= 4 is 22.8 Å². The average Bonchev–Trinajstić information content (AvgIpc) is 3.36. The van der Waals surface area contributed by atoms with Gasteiger partial charge in [0.25, 0.3) is 5.91 Å². The molecule has 3 heterocycles. The maximum Gasteiger partial charge on any atom is 0.573 e. The summed E-state index contributed by atoms with van der Waals surface area (Å²) < 4.78 is 51.8. The van der Waals surface area contributed by atoms with Crippen molar-refractivity contribution in [1.82, 2.24) is 14.8 Å². The van der Waals surface area contributed by atoms with Crippen LogP contribution >= 0.6 is 0 Å². The first kappa shape index (κ1) is 23.9. The molecule has 2 aromatic rings. The Bertz CT molecular complexity index is 1130. The number of hydrogen-bond acceptors (Lipinski definition) is 5. The first-order valence-electron chi connectivity index (χ1n) is 10.3. The molecule has 0 spiro atoms. The van der Waals surface area contributed by atoms with Gasteiger partial charge < -0.3 is 14.5 Å². The Balaban J connectivity index is 1.25. The van der Waals surface area contributed by atoms with E-state index < -0.39 is 17.3 Å². The van der Waals surface area contributed by atoms with E-state index in [0.29, 0.717) is 37.5 Å². The summed E-state index contributed by atoms with van der Waals surface area (Å²) in [7, 11) is -1.66. The number of hydrogen-bond donors (Lipinski definition) is 1. The predicted molar refractivity (Wildman–Crippen MR) is 116 cm³/mol. The third-order valence-electron chi connectivity index (χ3n) is 5.64. The summed E-state index contributed by atoms with van der Waals surface area (Å²) in [5, 5.41) is 5.30. The Morgan fingerprint density at radius 1 is 1.00 bits per heavy atom. The van der Waals surface area contributed by atoms with Crippen molar-refractivity contribution in [3.05, 3.63) is 65.0 Å². The second kappa shape index (κ2) is 9.55. The average molecular weight is 494 g/mol. The van der Waals surface area contributed by atoms with Gasteiger partial charge >= 0.3 is 6.36 Å². The molecule has 180 valence electrons. The lowest BCUT2D eigenvalue weighted by molar-refractivity contribution is -0.274. The van der Waals surface area contributed by atoms with E-state index in [1.165, 1.54) is 42.6 Å². The second-order valence-corrected chi connectivity index (χ2v) is 9.05. The van der Waals surface area contributed by atoms with E-state index >= 15 is 0 Å². The molecule has 0 aliphatic carbocycles. The number of nitrogens with zero attached hydrogens (tertiary/aromatic N) is 3. The molecular weight excluding hydrogens is 473 g/mol. The highest BCUT2D eigenvalue weighted by Gasteiger charge is 2.34. The van der Waals surface area contributed by atoms with Crippen LogP contribution in [-0.4, -0.2) is 63.3 Å². The smallest absolute Gasteiger partial charge is 0.406 e. The second-order valence-electron chi connectivity index (χ2n) is 7.99. The summed E-state index contributed by atoms with van der Waals surface area (Å²) in [4.78, 5) is 33.1. The van der Waals surface area contributed by atoms with Gasteiger partial charge in [0.2, 0.25) is 5.91 Å². The van der Waals surface area contributed by atoms with Gasteiger partial charge in [-0.25, -0.2) is 14.3 Å². The van der Waals surface area contributed by atoms with E-state index in [9.17, 15) is 27.0 Å². The normalized spacial score (nSPS) is 16.6. The van der Waals surface area contributed by atoms with Gasteiger partial charge in [-0.2, -0.15) is 0 Å². The molecular formula is C22H21F3N4O4S. The number of alkyl halides is 3. The Kier molecular flexibility index (Phi) is 6.71. The van der Waals surface area contributed by atoms with Gasteiger partial charge in [-0.1, -0.05) is 12.1 Å². The lowest BCUT2D eigenvalue weighted by Crippen LogP contribution is -2.36. The number of ether oxygens (including phenoxy) is 1. The van der Waals surface area contributed by atoms with Crippen LogP contribution < -0.4 is 9.88 Å². The number of carbonyl (C=O) groups excluding carboxylic acids is 2. The molecule has 0 bridgehead atoms. The Labute approximate surface area is 195 Å². The molecule has 2 aliphatic rings. The maximum absolute atomic E-state index is 12.7. The van der Waals surface area contributed by atoms with Crippen LogP contribution in [0.2, 0.25) is 0 Å².